The zero-order valence-electron chi connectivity index (χ0n) is 16.4. The Balaban J connectivity index is 1.27. The van der Waals surface area contributed by atoms with Crippen molar-refractivity contribution in [1.82, 2.24) is 14.7 Å². The Hall–Kier alpha value is -3.61. The third-order valence-electron chi connectivity index (χ3n) is 5.45. The number of carbonyl (C=O) groups is 2. The van der Waals surface area contributed by atoms with Crippen LogP contribution in [0.25, 0.3) is 5.69 Å². The summed E-state index contributed by atoms with van der Waals surface area (Å²) < 4.78 is 12.9. The van der Waals surface area contributed by atoms with Crippen LogP contribution < -0.4 is 4.74 Å². The molecule has 0 N–H and O–H groups in total. The summed E-state index contributed by atoms with van der Waals surface area (Å²) in [4.78, 5) is 26.2. The van der Waals surface area contributed by atoms with Crippen molar-refractivity contribution in [3.8, 4) is 11.4 Å². The molecule has 7 heteroatoms. The predicted molar refractivity (Wildman–Crippen MR) is 108 cm³/mol. The topological polar surface area (TPSA) is 73.7 Å². The van der Waals surface area contributed by atoms with Gasteiger partial charge in [-0.2, -0.15) is 5.10 Å². The molecule has 0 aliphatic carbocycles. The van der Waals surface area contributed by atoms with E-state index in [1.165, 1.54) is 0 Å². The summed E-state index contributed by atoms with van der Waals surface area (Å²) in [5.41, 5.74) is 3.58. The van der Waals surface area contributed by atoms with Crippen LogP contribution in [0.4, 0.5) is 0 Å². The standard InChI is InChI=1S/C23H21N3O4/c27-21-10-9-19(30-21)15-29-20-4-1-3-17-14-25(23(28)22(17)20)13-16-5-7-18(8-6-16)26-12-2-11-24-26/h1-8,11-12,19H,9-10,13-15H2/t19-/m0/s1. The number of ether oxygens (including phenoxy) is 2. The lowest BCUT2D eigenvalue weighted by Crippen LogP contribution is -2.24. The van der Waals surface area contributed by atoms with Crippen molar-refractivity contribution < 1.29 is 19.1 Å². The van der Waals surface area contributed by atoms with Gasteiger partial charge in [-0.05, 0) is 41.8 Å². The molecule has 5 rings (SSSR count). The van der Waals surface area contributed by atoms with Gasteiger partial charge in [0.05, 0.1) is 11.3 Å². The fraction of sp³-hybridized carbons (Fsp3) is 0.261. The maximum Gasteiger partial charge on any atom is 0.306 e. The number of carbonyl (C=O) groups excluding carboxylic acids is 2. The van der Waals surface area contributed by atoms with E-state index in [1.807, 2.05) is 53.6 Å². The second-order valence-electron chi connectivity index (χ2n) is 7.53. The van der Waals surface area contributed by atoms with Gasteiger partial charge in [0.15, 0.2) is 0 Å². The van der Waals surface area contributed by atoms with Crippen molar-refractivity contribution in [2.24, 2.45) is 0 Å². The van der Waals surface area contributed by atoms with Crippen molar-refractivity contribution in [1.29, 1.82) is 0 Å². The van der Waals surface area contributed by atoms with E-state index < -0.39 is 0 Å². The zero-order chi connectivity index (χ0) is 20.5. The minimum absolute atomic E-state index is 0.0415. The number of amides is 1. The molecule has 2 aromatic carbocycles. The van der Waals surface area contributed by atoms with Gasteiger partial charge in [0.2, 0.25) is 0 Å². The number of aromatic nitrogens is 2. The predicted octanol–water partition coefficient (Wildman–Crippen LogP) is 3.11. The van der Waals surface area contributed by atoms with E-state index >= 15 is 0 Å². The Morgan fingerprint density at radius 2 is 1.97 bits per heavy atom. The number of fused-ring (bicyclic) bond motifs is 1. The summed E-state index contributed by atoms with van der Waals surface area (Å²) in [5, 5.41) is 4.23. The van der Waals surface area contributed by atoms with Crippen LogP contribution in [-0.2, 0) is 22.6 Å². The highest BCUT2D eigenvalue weighted by Crippen LogP contribution is 2.32. The third kappa shape index (κ3) is 3.54. The van der Waals surface area contributed by atoms with E-state index in [9.17, 15) is 9.59 Å². The van der Waals surface area contributed by atoms with Crippen molar-refractivity contribution in [2.45, 2.75) is 32.0 Å². The molecule has 30 heavy (non-hydrogen) atoms. The summed E-state index contributed by atoms with van der Waals surface area (Å²) in [5.74, 6) is 0.319. The van der Waals surface area contributed by atoms with E-state index in [1.54, 1.807) is 16.9 Å². The Morgan fingerprint density at radius 1 is 1.10 bits per heavy atom. The molecule has 0 radical (unpaired) electrons. The SMILES string of the molecule is O=C1CC[C@@H](COc2cccc3c2C(=O)N(Cc2ccc(-n4cccn4)cc2)C3)O1. The molecule has 3 aromatic rings. The molecule has 3 heterocycles. The molecule has 1 amide bonds. The van der Waals surface area contributed by atoms with Gasteiger partial charge in [-0.3, -0.25) is 9.59 Å². The Bertz CT molecular complexity index is 1080. The molecule has 7 nitrogen and oxygen atoms in total. The highest BCUT2D eigenvalue weighted by Gasteiger charge is 2.31. The van der Waals surface area contributed by atoms with Crippen LogP contribution in [0, 0.1) is 0 Å². The summed E-state index contributed by atoms with van der Waals surface area (Å²) in [6.07, 6.45) is 4.47. The minimum Gasteiger partial charge on any atom is -0.489 e. The lowest BCUT2D eigenvalue weighted by Gasteiger charge is -2.16. The largest absolute Gasteiger partial charge is 0.489 e. The summed E-state index contributed by atoms with van der Waals surface area (Å²) in [7, 11) is 0. The van der Waals surface area contributed by atoms with Crippen molar-refractivity contribution in [2.75, 3.05) is 6.61 Å². The molecule has 152 valence electrons. The van der Waals surface area contributed by atoms with Gasteiger partial charge < -0.3 is 14.4 Å². The van der Waals surface area contributed by atoms with Crippen molar-refractivity contribution in [3.63, 3.8) is 0 Å². The van der Waals surface area contributed by atoms with Gasteiger partial charge >= 0.3 is 5.97 Å². The molecule has 1 saturated heterocycles. The number of benzene rings is 2. The van der Waals surface area contributed by atoms with E-state index in [2.05, 4.69) is 5.10 Å². The van der Waals surface area contributed by atoms with Gasteiger partial charge in [0.1, 0.15) is 18.5 Å². The first kappa shape index (κ1) is 18.4. The van der Waals surface area contributed by atoms with Gasteiger partial charge in [0, 0.05) is 31.9 Å². The highest BCUT2D eigenvalue weighted by molar-refractivity contribution is 6.01. The molecule has 1 fully saturated rings. The quantitative estimate of drug-likeness (QED) is 0.592. The summed E-state index contributed by atoms with van der Waals surface area (Å²) in [6.45, 7) is 1.33. The van der Waals surface area contributed by atoms with E-state index in [-0.39, 0.29) is 24.6 Å². The van der Waals surface area contributed by atoms with E-state index in [0.29, 0.717) is 37.2 Å². The lowest BCUT2D eigenvalue weighted by molar-refractivity contribution is -0.142. The molecule has 0 bridgehead atoms. The van der Waals surface area contributed by atoms with Gasteiger partial charge in [0.25, 0.3) is 5.91 Å². The van der Waals surface area contributed by atoms with Crippen LogP contribution in [0.3, 0.4) is 0 Å². The molecule has 0 saturated carbocycles. The fourth-order valence-corrected chi connectivity index (χ4v) is 3.91. The van der Waals surface area contributed by atoms with Crippen LogP contribution in [-0.4, -0.2) is 39.3 Å². The molecule has 1 aromatic heterocycles. The molecule has 0 unspecified atom stereocenters. The maximum absolute atomic E-state index is 13.1. The Morgan fingerprint density at radius 3 is 2.70 bits per heavy atom. The smallest absolute Gasteiger partial charge is 0.306 e. The average molecular weight is 403 g/mol. The second kappa shape index (κ2) is 7.67. The first-order valence-corrected chi connectivity index (χ1v) is 10.00. The zero-order valence-corrected chi connectivity index (χ0v) is 16.4. The highest BCUT2D eigenvalue weighted by atomic mass is 16.6. The molecule has 0 spiro atoms. The number of hydrogen-bond donors (Lipinski definition) is 0. The fourth-order valence-electron chi connectivity index (χ4n) is 3.91. The number of esters is 1. The molecular weight excluding hydrogens is 382 g/mol. The summed E-state index contributed by atoms with van der Waals surface area (Å²) >= 11 is 0. The Kier molecular flexibility index (Phi) is 4.71. The third-order valence-corrected chi connectivity index (χ3v) is 5.45. The number of hydrogen-bond acceptors (Lipinski definition) is 5. The van der Waals surface area contributed by atoms with Crippen LogP contribution >= 0.6 is 0 Å². The number of nitrogens with zero attached hydrogens (tertiary/aromatic N) is 3. The molecular formula is C23H21N3O4. The van der Waals surface area contributed by atoms with Crippen LogP contribution in [0.1, 0.15) is 34.3 Å². The summed E-state index contributed by atoms with van der Waals surface area (Å²) in [6, 6.07) is 15.5. The van der Waals surface area contributed by atoms with Gasteiger partial charge in [-0.25, -0.2) is 4.68 Å². The normalized spacial score (nSPS) is 17.9. The second-order valence-corrected chi connectivity index (χ2v) is 7.53. The number of rotatable bonds is 6. The maximum atomic E-state index is 13.1. The van der Waals surface area contributed by atoms with Crippen LogP contribution in [0.5, 0.6) is 5.75 Å². The van der Waals surface area contributed by atoms with Crippen LogP contribution in [0.2, 0.25) is 0 Å². The monoisotopic (exact) mass is 403 g/mol. The average Bonchev–Trinajstić information content (AvgIpc) is 3.49. The van der Waals surface area contributed by atoms with E-state index in [0.717, 1.165) is 16.8 Å². The van der Waals surface area contributed by atoms with Gasteiger partial charge in [-0.1, -0.05) is 24.3 Å². The lowest BCUT2D eigenvalue weighted by atomic mass is 10.1. The van der Waals surface area contributed by atoms with Crippen molar-refractivity contribution >= 4 is 11.9 Å². The molecule has 1 atom stereocenters. The number of cyclic esters (lactones) is 1. The van der Waals surface area contributed by atoms with Crippen LogP contribution in [0.15, 0.2) is 60.9 Å². The van der Waals surface area contributed by atoms with E-state index in [4.69, 9.17) is 9.47 Å². The molecule has 2 aliphatic heterocycles. The minimum atomic E-state index is -0.241. The van der Waals surface area contributed by atoms with Gasteiger partial charge in [-0.15, -0.1) is 0 Å². The first-order chi connectivity index (χ1) is 14.7. The molecule has 2 aliphatic rings. The van der Waals surface area contributed by atoms with Crippen molar-refractivity contribution in [3.05, 3.63) is 77.6 Å². The Labute approximate surface area is 173 Å². The first-order valence-electron chi connectivity index (χ1n) is 10.00.